The monoisotopic (exact) mass is 199 g/mol. The van der Waals surface area contributed by atoms with Gasteiger partial charge in [-0.2, -0.15) is 5.26 Å². The Balaban J connectivity index is 2.99. The van der Waals surface area contributed by atoms with Gasteiger partial charge in [-0.15, -0.1) is 0 Å². The summed E-state index contributed by atoms with van der Waals surface area (Å²) >= 11 is 0. The predicted octanol–water partition coefficient (Wildman–Crippen LogP) is 1.96. The first-order valence-electron chi connectivity index (χ1n) is 4.35. The fraction of sp³-hybridized carbons (Fsp3) is 0.167. The molecule has 1 aromatic rings. The number of hydrogen-bond donors (Lipinski definition) is 1. The summed E-state index contributed by atoms with van der Waals surface area (Å²) < 4.78 is 0. The third kappa shape index (κ3) is 2.86. The number of carboxylic acids is 1. The largest absolute Gasteiger partial charge is 0.478 e. The van der Waals surface area contributed by atoms with Gasteiger partial charge in [0.2, 0.25) is 0 Å². The van der Waals surface area contributed by atoms with E-state index in [1.807, 2.05) is 6.07 Å². The number of aromatic carboxylic acids is 1. The number of carboxylic acid groups (broad SMARTS) is 1. The first-order valence-corrected chi connectivity index (χ1v) is 4.35. The summed E-state index contributed by atoms with van der Waals surface area (Å²) in [5.41, 5.74) is 1.68. The molecule has 0 bridgehead atoms. The van der Waals surface area contributed by atoms with E-state index < -0.39 is 5.97 Å². The van der Waals surface area contributed by atoms with Gasteiger partial charge in [-0.1, -0.05) is 11.8 Å². The molecule has 74 valence electrons. The maximum atomic E-state index is 10.7. The highest BCUT2D eigenvalue weighted by molar-refractivity contribution is 5.89. The topological polar surface area (TPSA) is 61.1 Å². The number of nitrogens with zero attached hydrogens (tertiary/aromatic N) is 1. The molecule has 0 unspecified atom stereocenters. The summed E-state index contributed by atoms with van der Waals surface area (Å²) in [7, 11) is 0. The smallest absolute Gasteiger partial charge is 0.335 e. The molecule has 1 rings (SSSR count). The van der Waals surface area contributed by atoms with Crippen LogP contribution < -0.4 is 0 Å². The van der Waals surface area contributed by atoms with Gasteiger partial charge >= 0.3 is 5.97 Å². The number of benzene rings is 1. The minimum absolute atomic E-state index is 0.180. The summed E-state index contributed by atoms with van der Waals surface area (Å²) in [6.07, 6.45) is 0.180. The lowest BCUT2D eigenvalue weighted by Gasteiger charge is -1.99. The van der Waals surface area contributed by atoms with Crippen molar-refractivity contribution < 1.29 is 9.90 Å². The molecular formula is C12H9NO2. The van der Waals surface area contributed by atoms with Crippen molar-refractivity contribution in [3.63, 3.8) is 0 Å². The summed E-state index contributed by atoms with van der Waals surface area (Å²) in [5.74, 6) is 4.52. The van der Waals surface area contributed by atoms with Gasteiger partial charge in [0.05, 0.1) is 18.1 Å². The normalized spacial score (nSPS) is 8.53. The van der Waals surface area contributed by atoms with Crippen LogP contribution in [0.3, 0.4) is 0 Å². The Hall–Kier alpha value is -2.26. The van der Waals surface area contributed by atoms with Gasteiger partial charge in [0.25, 0.3) is 0 Å². The summed E-state index contributed by atoms with van der Waals surface area (Å²) in [4.78, 5) is 10.7. The molecule has 0 heterocycles. The standard InChI is InChI=1S/C12H9NO2/c1-9-8-10(4-2-3-7-13)5-6-11(9)12(14)15/h5-6,8H,3H2,1H3,(H,14,15). The zero-order valence-electron chi connectivity index (χ0n) is 8.24. The van der Waals surface area contributed by atoms with Crippen LogP contribution in [0.5, 0.6) is 0 Å². The molecule has 0 aromatic heterocycles. The fourth-order valence-corrected chi connectivity index (χ4v) is 1.17. The molecule has 0 aliphatic heterocycles. The molecule has 0 atom stereocenters. The molecule has 0 aliphatic carbocycles. The molecule has 0 fully saturated rings. The molecular weight excluding hydrogens is 190 g/mol. The van der Waals surface area contributed by atoms with E-state index in [2.05, 4.69) is 11.8 Å². The SMILES string of the molecule is Cc1cc(C#CCC#N)ccc1C(=O)O. The van der Waals surface area contributed by atoms with Crippen molar-refractivity contribution in [3.8, 4) is 17.9 Å². The van der Waals surface area contributed by atoms with Crippen molar-refractivity contribution in [1.82, 2.24) is 0 Å². The van der Waals surface area contributed by atoms with Crippen molar-refractivity contribution in [2.45, 2.75) is 13.3 Å². The minimum atomic E-state index is -0.941. The second-order valence-corrected chi connectivity index (χ2v) is 2.97. The lowest BCUT2D eigenvalue weighted by Crippen LogP contribution is -1.99. The molecule has 0 amide bonds. The first kappa shape index (κ1) is 10.8. The molecule has 0 saturated heterocycles. The first-order chi connectivity index (χ1) is 7.15. The second-order valence-electron chi connectivity index (χ2n) is 2.97. The number of aryl methyl sites for hydroxylation is 1. The van der Waals surface area contributed by atoms with Crippen LogP contribution in [0.1, 0.15) is 27.9 Å². The Bertz CT molecular complexity index is 487. The Labute approximate surface area is 88.0 Å². The third-order valence-electron chi connectivity index (χ3n) is 1.86. The van der Waals surface area contributed by atoms with Gasteiger partial charge in [0.15, 0.2) is 0 Å². The van der Waals surface area contributed by atoms with Gasteiger partial charge in [-0.3, -0.25) is 0 Å². The van der Waals surface area contributed by atoms with Gasteiger partial charge in [0, 0.05) is 5.56 Å². The van der Waals surface area contributed by atoms with E-state index in [1.165, 1.54) is 6.07 Å². The highest BCUT2D eigenvalue weighted by Crippen LogP contribution is 2.10. The quantitative estimate of drug-likeness (QED) is 0.703. The van der Waals surface area contributed by atoms with Crippen molar-refractivity contribution in [2.75, 3.05) is 0 Å². The van der Waals surface area contributed by atoms with Crippen molar-refractivity contribution in [3.05, 3.63) is 34.9 Å². The zero-order valence-corrected chi connectivity index (χ0v) is 8.24. The summed E-state index contributed by atoms with van der Waals surface area (Å²) in [6, 6.07) is 6.78. The van der Waals surface area contributed by atoms with E-state index in [-0.39, 0.29) is 12.0 Å². The maximum Gasteiger partial charge on any atom is 0.335 e. The Kier molecular flexibility index (Phi) is 3.49. The molecule has 0 aliphatic rings. The van der Waals surface area contributed by atoms with Crippen molar-refractivity contribution in [1.29, 1.82) is 5.26 Å². The lowest BCUT2D eigenvalue weighted by molar-refractivity contribution is 0.0696. The van der Waals surface area contributed by atoms with Gasteiger partial charge in [-0.05, 0) is 30.7 Å². The average molecular weight is 199 g/mol. The van der Waals surface area contributed by atoms with E-state index in [0.29, 0.717) is 5.56 Å². The number of rotatable bonds is 1. The molecule has 1 N–H and O–H groups in total. The van der Waals surface area contributed by atoms with E-state index in [4.69, 9.17) is 10.4 Å². The van der Waals surface area contributed by atoms with Crippen LogP contribution in [-0.2, 0) is 0 Å². The summed E-state index contributed by atoms with van der Waals surface area (Å²) in [6.45, 7) is 1.72. The van der Waals surface area contributed by atoms with E-state index >= 15 is 0 Å². The number of nitriles is 1. The molecule has 3 nitrogen and oxygen atoms in total. The predicted molar refractivity (Wildman–Crippen MR) is 55.2 cm³/mol. The van der Waals surface area contributed by atoms with Gasteiger partial charge in [0.1, 0.15) is 0 Å². The molecule has 0 saturated carbocycles. The maximum absolute atomic E-state index is 10.7. The van der Waals surface area contributed by atoms with Crippen LogP contribution >= 0.6 is 0 Å². The van der Waals surface area contributed by atoms with Crippen LogP contribution in [0.2, 0.25) is 0 Å². The van der Waals surface area contributed by atoms with Crippen LogP contribution in [-0.4, -0.2) is 11.1 Å². The highest BCUT2D eigenvalue weighted by atomic mass is 16.4. The van der Waals surface area contributed by atoms with Gasteiger partial charge in [-0.25, -0.2) is 4.79 Å². The molecule has 15 heavy (non-hydrogen) atoms. The highest BCUT2D eigenvalue weighted by Gasteiger charge is 2.05. The Morgan fingerprint density at radius 2 is 2.27 bits per heavy atom. The number of hydrogen-bond acceptors (Lipinski definition) is 2. The fourth-order valence-electron chi connectivity index (χ4n) is 1.17. The lowest BCUT2D eigenvalue weighted by atomic mass is 10.1. The third-order valence-corrected chi connectivity index (χ3v) is 1.86. The Morgan fingerprint density at radius 3 is 2.80 bits per heavy atom. The molecule has 0 radical (unpaired) electrons. The van der Waals surface area contributed by atoms with Gasteiger partial charge < -0.3 is 5.11 Å². The minimum Gasteiger partial charge on any atom is -0.478 e. The second kappa shape index (κ2) is 4.83. The van der Waals surface area contributed by atoms with Crippen molar-refractivity contribution >= 4 is 5.97 Å². The molecule has 3 heteroatoms. The van der Waals surface area contributed by atoms with E-state index in [1.54, 1.807) is 19.1 Å². The van der Waals surface area contributed by atoms with Crippen LogP contribution in [0, 0.1) is 30.1 Å². The number of carbonyl (C=O) groups is 1. The van der Waals surface area contributed by atoms with Crippen molar-refractivity contribution in [2.24, 2.45) is 0 Å². The Morgan fingerprint density at radius 1 is 1.53 bits per heavy atom. The van der Waals surface area contributed by atoms with Crippen LogP contribution in [0.4, 0.5) is 0 Å². The average Bonchev–Trinajstić information content (AvgIpc) is 2.17. The summed E-state index contributed by atoms with van der Waals surface area (Å²) in [5, 5.41) is 17.1. The molecule has 0 spiro atoms. The van der Waals surface area contributed by atoms with E-state index in [0.717, 1.165) is 5.56 Å². The zero-order chi connectivity index (χ0) is 11.3. The van der Waals surface area contributed by atoms with E-state index in [9.17, 15) is 4.79 Å². The van der Waals surface area contributed by atoms with Crippen LogP contribution in [0.15, 0.2) is 18.2 Å². The van der Waals surface area contributed by atoms with Crippen LogP contribution in [0.25, 0.3) is 0 Å². The molecule has 1 aromatic carbocycles.